The summed E-state index contributed by atoms with van der Waals surface area (Å²) in [4.78, 5) is 0. The molecule has 68 valence electrons. The Bertz CT molecular complexity index is 110. The van der Waals surface area contributed by atoms with E-state index in [1.54, 1.807) is 0 Å². The predicted octanol–water partition coefficient (Wildman–Crippen LogP) is 0.146. The Labute approximate surface area is 67.3 Å². The zero-order chi connectivity index (χ0) is 7.98. The van der Waals surface area contributed by atoms with Gasteiger partial charge in [-0.2, -0.15) is 0 Å². The molecule has 0 fully saturated rings. The van der Waals surface area contributed by atoms with Crippen LogP contribution in [0.25, 0.3) is 0 Å². The quantitative estimate of drug-likeness (QED) is 0.472. The van der Waals surface area contributed by atoms with Crippen LogP contribution in [0.2, 0.25) is 0 Å². The van der Waals surface area contributed by atoms with Crippen molar-refractivity contribution in [2.45, 2.75) is 19.8 Å². The first-order valence-electron chi connectivity index (χ1n) is 3.38. The lowest BCUT2D eigenvalue weighted by molar-refractivity contribution is 0.292. The minimum atomic E-state index is 0. The summed E-state index contributed by atoms with van der Waals surface area (Å²) < 4.78 is 0. The van der Waals surface area contributed by atoms with Gasteiger partial charge in [-0.25, -0.2) is 0 Å². The first kappa shape index (κ1) is 13.0. The molecule has 0 spiro atoms. The van der Waals surface area contributed by atoms with Gasteiger partial charge in [0.05, 0.1) is 0 Å². The van der Waals surface area contributed by atoms with Gasteiger partial charge >= 0.3 is 0 Å². The SMILES string of the molecule is CC(CCO)=C(N)CCO.N. The maximum atomic E-state index is 8.50. The minimum absolute atomic E-state index is 0. The molecule has 4 heteroatoms. The number of hydrogen-bond donors (Lipinski definition) is 4. The standard InChI is InChI=1S/C7H15NO2.H3N/c1-6(2-4-9)7(8)3-5-10;/h9-10H,2-5,8H2,1H3;1H3. The van der Waals surface area contributed by atoms with E-state index in [2.05, 4.69) is 0 Å². The molecule has 4 nitrogen and oxygen atoms in total. The first-order valence-corrected chi connectivity index (χ1v) is 3.38. The molecule has 0 rings (SSSR count). The third-order valence-corrected chi connectivity index (χ3v) is 1.42. The summed E-state index contributed by atoms with van der Waals surface area (Å²) in [5.74, 6) is 0. The van der Waals surface area contributed by atoms with Crippen molar-refractivity contribution in [1.29, 1.82) is 0 Å². The summed E-state index contributed by atoms with van der Waals surface area (Å²) in [6, 6.07) is 0. The Morgan fingerprint density at radius 2 is 1.64 bits per heavy atom. The van der Waals surface area contributed by atoms with Crippen LogP contribution in [0, 0.1) is 0 Å². The van der Waals surface area contributed by atoms with Crippen molar-refractivity contribution in [1.82, 2.24) is 6.15 Å². The average molecular weight is 162 g/mol. The van der Waals surface area contributed by atoms with E-state index in [0.717, 1.165) is 5.57 Å². The lowest BCUT2D eigenvalue weighted by Crippen LogP contribution is -2.04. The molecular weight excluding hydrogens is 144 g/mol. The molecule has 0 saturated heterocycles. The molecular formula is C7H18N2O2. The second-order valence-corrected chi connectivity index (χ2v) is 2.25. The van der Waals surface area contributed by atoms with E-state index in [9.17, 15) is 0 Å². The van der Waals surface area contributed by atoms with Crippen LogP contribution >= 0.6 is 0 Å². The third kappa shape index (κ3) is 5.84. The normalized spacial score (nSPS) is 11.9. The Hall–Kier alpha value is -0.580. The van der Waals surface area contributed by atoms with Gasteiger partial charge in [0.1, 0.15) is 0 Å². The summed E-state index contributed by atoms with van der Waals surface area (Å²) in [6.45, 7) is 2.06. The summed E-state index contributed by atoms with van der Waals surface area (Å²) in [5.41, 5.74) is 7.18. The van der Waals surface area contributed by atoms with Crippen molar-refractivity contribution < 1.29 is 10.2 Å². The first-order chi connectivity index (χ1) is 4.72. The molecule has 0 aliphatic carbocycles. The molecule has 0 heterocycles. The number of hydrogen-bond acceptors (Lipinski definition) is 4. The van der Waals surface area contributed by atoms with Gasteiger partial charge in [-0.15, -0.1) is 0 Å². The van der Waals surface area contributed by atoms with E-state index >= 15 is 0 Å². The van der Waals surface area contributed by atoms with Gasteiger partial charge < -0.3 is 22.1 Å². The molecule has 0 saturated carbocycles. The third-order valence-electron chi connectivity index (χ3n) is 1.42. The molecule has 7 N–H and O–H groups in total. The lowest BCUT2D eigenvalue weighted by Gasteiger charge is -2.03. The van der Waals surface area contributed by atoms with Crippen LogP contribution in [0.15, 0.2) is 11.3 Å². The van der Waals surface area contributed by atoms with E-state index in [4.69, 9.17) is 15.9 Å². The van der Waals surface area contributed by atoms with Gasteiger partial charge in [-0.05, 0) is 13.3 Å². The van der Waals surface area contributed by atoms with Crippen LogP contribution in [-0.4, -0.2) is 23.4 Å². The van der Waals surface area contributed by atoms with Gasteiger partial charge in [-0.1, -0.05) is 5.57 Å². The molecule has 0 aromatic heterocycles. The molecule has 0 aromatic carbocycles. The van der Waals surface area contributed by atoms with Crippen molar-refractivity contribution in [3.63, 3.8) is 0 Å². The Morgan fingerprint density at radius 1 is 1.18 bits per heavy atom. The summed E-state index contributed by atoms with van der Waals surface area (Å²) >= 11 is 0. The summed E-state index contributed by atoms with van der Waals surface area (Å²) in [7, 11) is 0. The molecule has 0 unspecified atom stereocenters. The molecule has 0 atom stereocenters. The highest BCUT2D eigenvalue weighted by molar-refractivity contribution is 5.08. The van der Waals surface area contributed by atoms with E-state index < -0.39 is 0 Å². The second-order valence-electron chi connectivity index (χ2n) is 2.25. The fourth-order valence-corrected chi connectivity index (χ4v) is 0.662. The fraction of sp³-hybridized carbons (Fsp3) is 0.714. The molecule has 0 aliphatic heterocycles. The van der Waals surface area contributed by atoms with E-state index in [-0.39, 0.29) is 19.4 Å². The van der Waals surface area contributed by atoms with Gasteiger partial charge in [0.2, 0.25) is 0 Å². The predicted molar refractivity (Wildman–Crippen MR) is 45.3 cm³/mol. The number of rotatable bonds is 4. The van der Waals surface area contributed by atoms with Crippen LogP contribution in [0.4, 0.5) is 0 Å². The number of aliphatic hydroxyl groups is 2. The highest BCUT2D eigenvalue weighted by Crippen LogP contribution is 2.04. The lowest BCUT2D eigenvalue weighted by atomic mass is 10.1. The van der Waals surface area contributed by atoms with Crippen LogP contribution in [-0.2, 0) is 0 Å². The van der Waals surface area contributed by atoms with Gasteiger partial charge in [0.25, 0.3) is 0 Å². The van der Waals surface area contributed by atoms with Crippen molar-refractivity contribution >= 4 is 0 Å². The van der Waals surface area contributed by atoms with E-state index in [1.807, 2.05) is 6.92 Å². The molecule has 0 aliphatic rings. The minimum Gasteiger partial charge on any atom is -0.402 e. The smallest absolute Gasteiger partial charge is 0.0485 e. The fourth-order valence-electron chi connectivity index (χ4n) is 0.662. The average Bonchev–Trinajstić information content (AvgIpc) is 1.89. The second kappa shape index (κ2) is 7.53. The van der Waals surface area contributed by atoms with E-state index in [1.165, 1.54) is 0 Å². The summed E-state index contributed by atoms with van der Waals surface area (Å²) in [5, 5.41) is 17.0. The molecule has 11 heavy (non-hydrogen) atoms. The maximum absolute atomic E-state index is 8.50. The van der Waals surface area contributed by atoms with Crippen molar-refractivity contribution in [3.8, 4) is 0 Å². The van der Waals surface area contributed by atoms with Crippen LogP contribution in [0.3, 0.4) is 0 Å². The van der Waals surface area contributed by atoms with E-state index in [0.29, 0.717) is 18.5 Å². The van der Waals surface area contributed by atoms with Crippen LogP contribution < -0.4 is 11.9 Å². The maximum Gasteiger partial charge on any atom is 0.0485 e. The molecule has 0 aromatic rings. The van der Waals surface area contributed by atoms with Crippen LogP contribution in [0.1, 0.15) is 19.8 Å². The highest BCUT2D eigenvalue weighted by Gasteiger charge is 1.95. The monoisotopic (exact) mass is 162 g/mol. The van der Waals surface area contributed by atoms with Crippen molar-refractivity contribution in [2.24, 2.45) is 5.73 Å². The van der Waals surface area contributed by atoms with Crippen molar-refractivity contribution in [3.05, 3.63) is 11.3 Å². The largest absolute Gasteiger partial charge is 0.402 e. The topological polar surface area (TPSA) is 101 Å². The zero-order valence-corrected chi connectivity index (χ0v) is 7.01. The zero-order valence-electron chi connectivity index (χ0n) is 7.01. The van der Waals surface area contributed by atoms with Crippen LogP contribution in [0.5, 0.6) is 0 Å². The van der Waals surface area contributed by atoms with Gasteiger partial charge in [-0.3, -0.25) is 0 Å². The Morgan fingerprint density at radius 3 is 2.00 bits per heavy atom. The molecule has 0 bridgehead atoms. The number of nitrogens with two attached hydrogens (primary N) is 1. The van der Waals surface area contributed by atoms with Crippen molar-refractivity contribution in [2.75, 3.05) is 13.2 Å². The Balaban J connectivity index is 0. The van der Waals surface area contributed by atoms with Gasteiger partial charge in [0, 0.05) is 25.3 Å². The molecule has 0 amide bonds. The number of aliphatic hydroxyl groups excluding tert-OH is 2. The Kier molecular flexibility index (Phi) is 8.92. The highest BCUT2D eigenvalue weighted by atomic mass is 16.3. The molecule has 0 radical (unpaired) electrons. The summed E-state index contributed by atoms with van der Waals surface area (Å²) in [6.07, 6.45) is 1.11. The van der Waals surface area contributed by atoms with Gasteiger partial charge in [0.15, 0.2) is 0 Å².